The summed E-state index contributed by atoms with van der Waals surface area (Å²) in [5, 5.41) is 10.0. The van der Waals surface area contributed by atoms with Gasteiger partial charge in [0.05, 0.1) is 0 Å². The number of primary amides is 1. The molecular weight excluding hydrogens is 254 g/mol. The third kappa shape index (κ3) is 1.88. The van der Waals surface area contributed by atoms with Crippen LogP contribution in [0.15, 0.2) is 24.3 Å². The first-order valence-corrected chi connectivity index (χ1v) is 5.16. The molecule has 0 atom stereocenters. The number of hydrazine groups is 1. The van der Waals surface area contributed by atoms with Gasteiger partial charge in [0.15, 0.2) is 0 Å². The normalized spacial score (nSPS) is 16.1. The summed E-state index contributed by atoms with van der Waals surface area (Å²) in [5.74, 6) is -4.45. The van der Waals surface area contributed by atoms with Crippen molar-refractivity contribution in [2.24, 2.45) is 5.73 Å². The van der Waals surface area contributed by atoms with E-state index in [1.807, 2.05) is 5.43 Å². The molecule has 0 heterocycles. The van der Waals surface area contributed by atoms with E-state index in [4.69, 9.17) is 0 Å². The van der Waals surface area contributed by atoms with E-state index in [0.717, 1.165) is 0 Å². The number of rotatable bonds is 2. The van der Waals surface area contributed by atoms with E-state index in [0.29, 0.717) is 0 Å². The van der Waals surface area contributed by atoms with Crippen molar-refractivity contribution < 1.29 is 24.3 Å². The number of hydrogen-bond donors (Lipinski definition) is 4. The maximum absolute atomic E-state index is 11.9. The fraction of sp³-hybridized carbons (Fsp3) is 0.0909. The van der Waals surface area contributed by atoms with Gasteiger partial charge in [0.2, 0.25) is 11.6 Å². The number of fused-ring (bicyclic) bond motifs is 1. The Kier molecular flexibility index (Phi) is 2.89. The summed E-state index contributed by atoms with van der Waals surface area (Å²) in [6, 6.07) is 5.78. The Labute approximate surface area is 106 Å². The third-order valence-corrected chi connectivity index (χ3v) is 2.65. The number of nitrogens with one attached hydrogen (secondary N) is 2. The second-order valence-electron chi connectivity index (χ2n) is 3.86. The molecule has 0 saturated heterocycles. The molecule has 2 amide bonds. The van der Waals surface area contributed by atoms with Gasteiger partial charge in [0.1, 0.15) is 0 Å². The van der Waals surface area contributed by atoms with Gasteiger partial charge in [0, 0.05) is 11.1 Å². The standard InChI is InChI=1S/C11H9N3O5/c12-9(17)10(18)13-14-11(19)7(15)5-3-1-2-4-6(5)8(11)16/h1-4,14,19H,(H2,12,17)(H,13,18). The summed E-state index contributed by atoms with van der Waals surface area (Å²) in [6.45, 7) is 0. The summed E-state index contributed by atoms with van der Waals surface area (Å²) in [4.78, 5) is 45.3. The number of benzene rings is 1. The Morgan fingerprint density at radius 1 is 1.11 bits per heavy atom. The highest BCUT2D eigenvalue weighted by Gasteiger charge is 2.52. The summed E-state index contributed by atoms with van der Waals surface area (Å²) in [6.07, 6.45) is 0. The first-order valence-electron chi connectivity index (χ1n) is 5.16. The molecule has 19 heavy (non-hydrogen) atoms. The Morgan fingerprint density at radius 2 is 1.58 bits per heavy atom. The number of hydrogen-bond acceptors (Lipinski definition) is 6. The SMILES string of the molecule is NC(=O)C(=O)NNC1(O)C(=O)c2ccccc2C1=O. The molecule has 1 aliphatic rings. The summed E-state index contributed by atoms with van der Waals surface area (Å²) in [5.41, 5.74) is 5.64. The average molecular weight is 263 g/mol. The van der Waals surface area contributed by atoms with Gasteiger partial charge in [-0.05, 0) is 0 Å². The zero-order chi connectivity index (χ0) is 14.2. The lowest BCUT2D eigenvalue weighted by atomic mass is 10.1. The van der Waals surface area contributed by atoms with Gasteiger partial charge >= 0.3 is 11.8 Å². The monoisotopic (exact) mass is 263 g/mol. The van der Waals surface area contributed by atoms with Crippen molar-refractivity contribution in [3.8, 4) is 0 Å². The molecule has 8 nitrogen and oxygen atoms in total. The van der Waals surface area contributed by atoms with E-state index in [1.165, 1.54) is 24.3 Å². The molecule has 8 heteroatoms. The quantitative estimate of drug-likeness (QED) is 0.208. The van der Waals surface area contributed by atoms with Crippen LogP contribution in [0.2, 0.25) is 0 Å². The highest BCUT2D eigenvalue weighted by atomic mass is 16.3. The maximum atomic E-state index is 11.9. The van der Waals surface area contributed by atoms with Crippen LogP contribution in [0.4, 0.5) is 0 Å². The third-order valence-electron chi connectivity index (χ3n) is 2.65. The topological polar surface area (TPSA) is 139 Å². The van der Waals surface area contributed by atoms with Gasteiger partial charge in [-0.1, -0.05) is 24.3 Å². The fourth-order valence-corrected chi connectivity index (χ4v) is 1.69. The van der Waals surface area contributed by atoms with Crippen LogP contribution in [0.5, 0.6) is 0 Å². The predicted octanol–water partition coefficient (Wildman–Crippen LogP) is -2.14. The minimum atomic E-state index is -2.63. The van der Waals surface area contributed by atoms with Crippen LogP contribution in [0.25, 0.3) is 0 Å². The zero-order valence-corrected chi connectivity index (χ0v) is 9.47. The van der Waals surface area contributed by atoms with E-state index in [2.05, 4.69) is 5.73 Å². The lowest BCUT2D eigenvalue weighted by Gasteiger charge is -2.20. The van der Waals surface area contributed by atoms with E-state index in [1.54, 1.807) is 5.43 Å². The number of carbonyl (C=O) groups is 4. The van der Waals surface area contributed by atoms with E-state index in [-0.39, 0.29) is 11.1 Å². The number of Topliss-reactive ketones (excluding diaryl/α,β-unsaturated/α-hetero) is 2. The van der Waals surface area contributed by atoms with Gasteiger partial charge in [-0.3, -0.25) is 24.6 Å². The Hall–Kier alpha value is -2.58. The van der Waals surface area contributed by atoms with Gasteiger partial charge in [0.25, 0.3) is 5.72 Å². The molecule has 0 spiro atoms. The fourth-order valence-electron chi connectivity index (χ4n) is 1.69. The van der Waals surface area contributed by atoms with Crippen molar-refractivity contribution in [1.82, 2.24) is 10.9 Å². The number of ketones is 2. The first kappa shape index (κ1) is 12.9. The molecule has 0 unspecified atom stereocenters. The molecule has 1 aromatic rings. The molecule has 98 valence electrons. The smallest absolute Gasteiger partial charge is 0.323 e. The maximum Gasteiger partial charge on any atom is 0.323 e. The number of amides is 2. The predicted molar refractivity (Wildman–Crippen MR) is 60.5 cm³/mol. The second kappa shape index (κ2) is 4.26. The molecular formula is C11H9N3O5. The Balaban J connectivity index is 2.27. The molecule has 2 rings (SSSR count). The number of nitrogens with two attached hydrogens (primary N) is 1. The lowest BCUT2D eigenvalue weighted by molar-refractivity contribution is -0.138. The van der Waals surface area contributed by atoms with Crippen LogP contribution in [0, 0.1) is 0 Å². The summed E-state index contributed by atoms with van der Waals surface area (Å²) < 4.78 is 0. The van der Waals surface area contributed by atoms with Crippen LogP contribution in [0.3, 0.4) is 0 Å². The first-order chi connectivity index (χ1) is 8.88. The van der Waals surface area contributed by atoms with Crippen molar-refractivity contribution in [2.75, 3.05) is 0 Å². The Morgan fingerprint density at radius 3 is 2.00 bits per heavy atom. The molecule has 0 aliphatic heterocycles. The van der Waals surface area contributed by atoms with E-state index in [9.17, 15) is 24.3 Å². The van der Waals surface area contributed by atoms with Crippen molar-refractivity contribution in [1.29, 1.82) is 0 Å². The molecule has 0 aromatic heterocycles. The minimum Gasteiger partial charge on any atom is -0.361 e. The van der Waals surface area contributed by atoms with Crippen molar-refractivity contribution >= 4 is 23.4 Å². The highest BCUT2D eigenvalue weighted by Crippen LogP contribution is 2.27. The molecule has 5 N–H and O–H groups in total. The van der Waals surface area contributed by atoms with Crippen LogP contribution in [-0.4, -0.2) is 34.2 Å². The minimum absolute atomic E-state index is 0.0239. The van der Waals surface area contributed by atoms with Gasteiger partial charge in [-0.2, -0.15) is 5.43 Å². The van der Waals surface area contributed by atoms with Crippen molar-refractivity contribution in [3.63, 3.8) is 0 Å². The molecule has 0 radical (unpaired) electrons. The molecule has 0 saturated carbocycles. The van der Waals surface area contributed by atoms with E-state index < -0.39 is 29.1 Å². The van der Waals surface area contributed by atoms with Gasteiger partial charge in [-0.15, -0.1) is 0 Å². The number of aliphatic hydroxyl groups is 1. The molecule has 1 aromatic carbocycles. The second-order valence-corrected chi connectivity index (χ2v) is 3.86. The molecule has 0 bridgehead atoms. The highest BCUT2D eigenvalue weighted by molar-refractivity contribution is 6.35. The van der Waals surface area contributed by atoms with E-state index >= 15 is 0 Å². The number of carbonyl (C=O) groups excluding carboxylic acids is 4. The van der Waals surface area contributed by atoms with Crippen LogP contribution < -0.4 is 16.6 Å². The molecule has 1 aliphatic carbocycles. The molecule has 0 fully saturated rings. The Bertz CT molecular complexity index is 575. The van der Waals surface area contributed by atoms with Crippen molar-refractivity contribution in [3.05, 3.63) is 35.4 Å². The summed E-state index contributed by atoms with van der Waals surface area (Å²) >= 11 is 0. The lowest BCUT2D eigenvalue weighted by Crippen LogP contribution is -2.62. The average Bonchev–Trinajstić information content (AvgIpc) is 2.59. The van der Waals surface area contributed by atoms with Crippen LogP contribution in [-0.2, 0) is 9.59 Å². The van der Waals surface area contributed by atoms with Crippen molar-refractivity contribution in [2.45, 2.75) is 5.72 Å². The van der Waals surface area contributed by atoms with Crippen LogP contribution in [0.1, 0.15) is 20.7 Å². The van der Waals surface area contributed by atoms with Crippen LogP contribution >= 0.6 is 0 Å². The van der Waals surface area contributed by atoms with Gasteiger partial charge in [-0.25, -0.2) is 0 Å². The summed E-state index contributed by atoms with van der Waals surface area (Å²) in [7, 11) is 0. The zero-order valence-electron chi connectivity index (χ0n) is 9.47. The van der Waals surface area contributed by atoms with Gasteiger partial charge < -0.3 is 10.8 Å². The largest absolute Gasteiger partial charge is 0.361 e.